The molecule has 13 heteroatoms. The Morgan fingerprint density at radius 2 is 1.49 bits per heavy atom. The Morgan fingerprint density at radius 3 is 2.13 bits per heavy atom. The third-order valence-electron chi connectivity index (χ3n) is 11.3. The summed E-state index contributed by atoms with van der Waals surface area (Å²) in [5.74, 6) is -6.26. The van der Waals surface area contributed by atoms with Crippen molar-refractivity contribution in [2.75, 3.05) is 20.1 Å². The minimum absolute atomic E-state index is 0.132. The number of amides is 3. The lowest BCUT2D eigenvalue weighted by Crippen LogP contribution is -2.45. The molecule has 0 spiro atoms. The number of aryl methyl sites for hydroxylation is 1. The number of carbonyl (C=O) groups excluding carboxylic acids is 5. The summed E-state index contributed by atoms with van der Waals surface area (Å²) in [6, 6.07) is 21.4. The van der Waals surface area contributed by atoms with Crippen LogP contribution >= 0.6 is 0 Å². The van der Waals surface area contributed by atoms with Gasteiger partial charge in [-0.15, -0.1) is 0 Å². The second-order valence-corrected chi connectivity index (χ2v) is 15.9. The normalized spacial score (nSPS) is 17.1. The number of nitrogens with one attached hydrogen (secondary N) is 2. The van der Waals surface area contributed by atoms with Crippen LogP contribution in [-0.4, -0.2) is 81.7 Å². The molecule has 0 aliphatic carbocycles. The minimum Gasteiger partial charge on any atom is -0.507 e. The summed E-state index contributed by atoms with van der Waals surface area (Å²) in [6.07, 6.45) is 3.88. The lowest BCUT2D eigenvalue weighted by atomic mass is 9.88. The van der Waals surface area contributed by atoms with Gasteiger partial charge in [-0.3, -0.25) is 24.0 Å². The number of hydrogen-bond acceptors (Lipinski definition) is 9. The molecule has 322 valence electrons. The summed E-state index contributed by atoms with van der Waals surface area (Å²) in [4.78, 5) is 82.0. The Balaban J connectivity index is 1.36. The van der Waals surface area contributed by atoms with Gasteiger partial charge >= 0.3 is 5.97 Å². The SMILES string of the molecule is CCCCc1ccc(-c2ccc(C(=O)NCC(=O)C[C@@H](CCCCN)C(=O)N(C)[C@@H]3C(=O)C[C@@H](C)C(=O)N[C@H](C(=O)O)Cc4ccc(O)c(c4)-c4cc3ccc4O)cc2)cc1. The van der Waals surface area contributed by atoms with Crippen molar-refractivity contribution in [2.45, 2.75) is 83.7 Å². The molecule has 1 aliphatic rings. The van der Waals surface area contributed by atoms with Gasteiger partial charge in [0.2, 0.25) is 11.8 Å². The predicted molar refractivity (Wildman–Crippen MR) is 232 cm³/mol. The Kier molecular flexibility index (Phi) is 15.9. The summed E-state index contributed by atoms with van der Waals surface area (Å²) >= 11 is 0. The van der Waals surface area contributed by atoms with E-state index in [1.807, 2.05) is 12.1 Å². The quantitative estimate of drug-likeness (QED) is 0.0710. The van der Waals surface area contributed by atoms with Crippen LogP contribution in [0.4, 0.5) is 0 Å². The first-order valence-electron chi connectivity index (χ1n) is 20.9. The summed E-state index contributed by atoms with van der Waals surface area (Å²) in [5.41, 5.74) is 10.4. The van der Waals surface area contributed by atoms with E-state index in [0.29, 0.717) is 30.5 Å². The van der Waals surface area contributed by atoms with E-state index in [4.69, 9.17) is 5.73 Å². The zero-order chi connectivity index (χ0) is 44.2. The molecule has 1 heterocycles. The molecule has 61 heavy (non-hydrogen) atoms. The van der Waals surface area contributed by atoms with Crippen LogP contribution in [0.1, 0.15) is 91.9 Å². The standard InChI is InChI=1S/C48H56N4O9/c1-4-5-8-30-10-13-32(14-11-30)33-15-17-34(18-16-33)46(58)50-28-37(53)26-36(9-6-7-22-49)47(59)52(3)44-35-19-21-42(55)39(27-35)38-24-31(12-20-41(38)54)25-40(48(60)61)51-45(57)29(2)23-43(44)56/h10-21,24,27,29,36,40,44,54-55H,4-9,22-23,25-26,28,49H2,1-3H3,(H,50,58)(H,51,57)(H,60,61)/t29-,36-,40+,44+/m1/s1. The van der Waals surface area contributed by atoms with Gasteiger partial charge in [-0.2, -0.15) is 0 Å². The van der Waals surface area contributed by atoms with Crippen molar-refractivity contribution >= 4 is 35.3 Å². The molecule has 0 unspecified atom stereocenters. The smallest absolute Gasteiger partial charge is 0.326 e. The maximum atomic E-state index is 14.5. The van der Waals surface area contributed by atoms with Gasteiger partial charge in [0.1, 0.15) is 23.6 Å². The van der Waals surface area contributed by atoms with Crippen molar-refractivity contribution in [3.63, 3.8) is 0 Å². The number of carboxylic acids is 1. The average molecular weight is 833 g/mol. The van der Waals surface area contributed by atoms with Crippen LogP contribution in [0.15, 0.2) is 84.9 Å². The van der Waals surface area contributed by atoms with E-state index >= 15 is 0 Å². The minimum atomic E-state index is -1.36. The van der Waals surface area contributed by atoms with Crippen LogP contribution in [0.3, 0.4) is 0 Å². The molecule has 4 aromatic carbocycles. The summed E-state index contributed by atoms with van der Waals surface area (Å²) < 4.78 is 0. The van der Waals surface area contributed by atoms with Gasteiger partial charge in [-0.05, 0) is 96.4 Å². The maximum absolute atomic E-state index is 14.5. The third-order valence-corrected chi connectivity index (χ3v) is 11.3. The zero-order valence-corrected chi connectivity index (χ0v) is 35.0. The lowest BCUT2D eigenvalue weighted by Gasteiger charge is -2.32. The van der Waals surface area contributed by atoms with Crippen LogP contribution in [-0.2, 0) is 36.8 Å². The lowest BCUT2D eigenvalue weighted by molar-refractivity contribution is -0.144. The van der Waals surface area contributed by atoms with Crippen molar-refractivity contribution in [3.8, 4) is 33.8 Å². The first-order valence-corrected chi connectivity index (χ1v) is 20.9. The Labute approximate surface area is 356 Å². The fourth-order valence-corrected chi connectivity index (χ4v) is 7.70. The number of aliphatic carboxylic acids is 1. The monoisotopic (exact) mass is 832 g/mol. The predicted octanol–water partition coefficient (Wildman–Crippen LogP) is 6.13. The Morgan fingerprint density at radius 1 is 0.852 bits per heavy atom. The second kappa shape index (κ2) is 21.3. The number of carbonyl (C=O) groups is 6. The van der Waals surface area contributed by atoms with Crippen LogP contribution < -0.4 is 16.4 Å². The molecule has 4 bridgehead atoms. The number of nitrogens with zero attached hydrogens (tertiary/aromatic N) is 1. The van der Waals surface area contributed by atoms with Crippen LogP contribution in [0.5, 0.6) is 11.5 Å². The fourth-order valence-electron chi connectivity index (χ4n) is 7.70. The number of phenolic OH excluding ortho intramolecular Hbond substituents is 2. The molecule has 0 aromatic heterocycles. The molecule has 4 aromatic rings. The highest BCUT2D eigenvalue weighted by molar-refractivity contribution is 5.99. The van der Waals surface area contributed by atoms with E-state index in [2.05, 4.69) is 41.8 Å². The number of benzene rings is 4. The van der Waals surface area contributed by atoms with Gasteiger partial charge in [0.25, 0.3) is 5.91 Å². The molecular weight excluding hydrogens is 777 g/mol. The number of fused-ring (bicyclic) bond motifs is 5. The van der Waals surface area contributed by atoms with Crippen molar-refractivity contribution in [1.82, 2.24) is 15.5 Å². The van der Waals surface area contributed by atoms with Gasteiger partial charge in [0, 0.05) is 54.8 Å². The highest BCUT2D eigenvalue weighted by atomic mass is 16.4. The van der Waals surface area contributed by atoms with E-state index in [1.54, 1.807) is 12.1 Å². The van der Waals surface area contributed by atoms with Gasteiger partial charge in [0.05, 0.1) is 6.54 Å². The maximum Gasteiger partial charge on any atom is 0.326 e. The second-order valence-electron chi connectivity index (χ2n) is 15.9. The third kappa shape index (κ3) is 11.9. The molecule has 7 N–H and O–H groups in total. The van der Waals surface area contributed by atoms with Gasteiger partial charge in [0.15, 0.2) is 11.6 Å². The molecule has 1 aliphatic heterocycles. The first kappa shape index (κ1) is 45.7. The van der Waals surface area contributed by atoms with Crippen LogP contribution in [0.2, 0.25) is 0 Å². The van der Waals surface area contributed by atoms with Crippen molar-refractivity contribution in [1.29, 1.82) is 0 Å². The fraction of sp³-hybridized carbons (Fsp3) is 0.375. The number of carboxylic acid groups (broad SMARTS) is 1. The zero-order valence-electron chi connectivity index (χ0n) is 35.0. The number of rotatable bonds is 16. The highest BCUT2D eigenvalue weighted by Gasteiger charge is 2.36. The average Bonchev–Trinajstić information content (AvgIpc) is 3.25. The number of hydrogen-bond donors (Lipinski definition) is 6. The van der Waals surface area contributed by atoms with Crippen molar-refractivity contribution < 1.29 is 44.1 Å². The number of Topliss-reactive ketones (excluding diaryl/α,β-unsaturated/α-hetero) is 2. The molecule has 0 fully saturated rings. The summed E-state index contributed by atoms with van der Waals surface area (Å²) in [5, 5.41) is 37.0. The van der Waals surface area contributed by atoms with E-state index in [1.165, 1.54) is 60.8 Å². The molecule has 5 rings (SSSR count). The number of nitrogens with two attached hydrogens (primary N) is 1. The van der Waals surface area contributed by atoms with Crippen molar-refractivity contribution in [2.24, 2.45) is 17.6 Å². The number of ketones is 2. The molecule has 3 amide bonds. The molecule has 4 atom stereocenters. The van der Waals surface area contributed by atoms with Crippen molar-refractivity contribution in [3.05, 3.63) is 107 Å². The largest absolute Gasteiger partial charge is 0.507 e. The highest BCUT2D eigenvalue weighted by Crippen LogP contribution is 2.39. The number of likely N-dealkylation sites (N-methyl/N-ethyl adjacent to an activating group) is 1. The van der Waals surface area contributed by atoms with Crippen LogP contribution in [0.25, 0.3) is 22.3 Å². The van der Waals surface area contributed by atoms with Gasteiger partial charge in [-0.1, -0.05) is 75.2 Å². The van der Waals surface area contributed by atoms with E-state index < -0.39 is 59.2 Å². The van der Waals surface area contributed by atoms with Gasteiger partial charge < -0.3 is 36.6 Å². The summed E-state index contributed by atoms with van der Waals surface area (Å²) in [6.45, 7) is 3.67. The number of unbranched alkanes of at least 4 members (excludes halogenated alkanes) is 2. The van der Waals surface area contributed by atoms with E-state index in [9.17, 15) is 44.1 Å². The Hall–Kier alpha value is -6.34. The first-order chi connectivity index (χ1) is 29.2. The molecular formula is C48H56N4O9. The van der Waals surface area contributed by atoms with E-state index in [-0.39, 0.29) is 60.4 Å². The van der Waals surface area contributed by atoms with Gasteiger partial charge in [-0.25, -0.2) is 4.79 Å². The molecule has 0 saturated heterocycles. The Bertz CT molecular complexity index is 2220. The topological polar surface area (TPSA) is 216 Å². The molecule has 13 nitrogen and oxygen atoms in total. The molecule has 0 radical (unpaired) electrons. The van der Waals surface area contributed by atoms with Crippen LogP contribution in [0, 0.1) is 11.8 Å². The summed E-state index contributed by atoms with van der Waals surface area (Å²) in [7, 11) is 1.43. The number of phenols is 2. The number of aromatic hydroxyl groups is 2. The molecule has 0 saturated carbocycles. The van der Waals surface area contributed by atoms with E-state index in [0.717, 1.165) is 30.4 Å².